The van der Waals surface area contributed by atoms with E-state index in [1.54, 1.807) is 6.07 Å². The molecule has 0 N–H and O–H groups in total. The number of fused-ring (bicyclic) bond motifs is 2. The van der Waals surface area contributed by atoms with E-state index in [0.717, 1.165) is 43.1 Å². The summed E-state index contributed by atoms with van der Waals surface area (Å²) in [5, 5.41) is 0.610. The van der Waals surface area contributed by atoms with Crippen LogP contribution in [0.25, 0.3) is 0 Å². The Kier molecular flexibility index (Phi) is 6.53. The fourth-order valence-electron chi connectivity index (χ4n) is 4.52. The van der Waals surface area contributed by atoms with Crippen molar-refractivity contribution in [1.82, 2.24) is 9.80 Å². The van der Waals surface area contributed by atoms with Crippen molar-refractivity contribution in [2.45, 2.75) is 31.4 Å². The number of aliphatic imine (C=N–C) groups is 1. The largest absolute Gasteiger partial charge is 0.462 e. The van der Waals surface area contributed by atoms with Crippen LogP contribution < -0.4 is 4.74 Å². The van der Waals surface area contributed by atoms with E-state index in [0.29, 0.717) is 42.6 Å². The Bertz CT molecular complexity index is 1050. The van der Waals surface area contributed by atoms with Gasteiger partial charge in [0.1, 0.15) is 23.4 Å². The summed E-state index contributed by atoms with van der Waals surface area (Å²) in [6.07, 6.45) is 1.85. The first kappa shape index (κ1) is 22.2. The monoisotopic (exact) mass is 469 g/mol. The lowest BCUT2D eigenvalue weighted by Crippen LogP contribution is -2.54. The number of hydrogen-bond acceptors (Lipinski definition) is 7. The molecule has 5 rings (SSSR count). The molecule has 1 atom stereocenters. The average molecular weight is 470 g/mol. The molecule has 0 aliphatic carbocycles. The summed E-state index contributed by atoms with van der Waals surface area (Å²) >= 11 is 6.25. The Balaban J connectivity index is 1.37. The highest BCUT2D eigenvalue weighted by atomic mass is 35.5. The maximum Gasteiger partial charge on any atom is 0.307 e. The summed E-state index contributed by atoms with van der Waals surface area (Å²) in [5.41, 5.74) is 1.63. The second-order valence-corrected chi connectivity index (χ2v) is 9.17. The number of likely N-dealkylation sites (N-methyl/N-ethyl adjacent to an activating group) is 1. The van der Waals surface area contributed by atoms with Gasteiger partial charge in [-0.25, -0.2) is 4.99 Å². The average Bonchev–Trinajstić information content (AvgIpc) is 2.98. The minimum absolute atomic E-state index is 0.0314. The highest BCUT2D eigenvalue weighted by Crippen LogP contribution is 2.39. The van der Waals surface area contributed by atoms with Gasteiger partial charge < -0.3 is 19.1 Å². The molecule has 2 saturated heterocycles. The van der Waals surface area contributed by atoms with E-state index in [9.17, 15) is 4.79 Å². The highest BCUT2D eigenvalue weighted by molar-refractivity contribution is 6.31. The number of rotatable bonds is 3. The molecule has 0 amide bonds. The third-order valence-electron chi connectivity index (χ3n) is 6.44. The van der Waals surface area contributed by atoms with Crippen LogP contribution in [0.4, 0.5) is 5.69 Å². The lowest BCUT2D eigenvalue weighted by Gasteiger charge is -2.40. The molecule has 3 heterocycles. The Morgan fingerprint density at radius 1 is 1.15 bits per heavy atom. The molecule has 2 fully saturated rings. The van der Waals surface area contributed by atoms with Crippen molar-refractivity contribution in [2.24, 2.45) is 4.99 Å². The molecule has 3 aliphatic rings. The van der Waals surface area contributed by atoms with E-state index in [4.69, 9.17) is 30.8 Å². The molecule has 0 spiro atoms. The SMILES string of the molecule is CN1CCN(C2=Nc3cc(Cl)ccc3Oc3ccccc32)C[C@@H]1CC(=O)OC1CCOCC1. The lowest BCUT2D eigenvalue weighted by molar-refractivity contribution is -0.154. The minimum atomic E-state index is -0.149. The van der Waals surface area contributed by atoms with Crippen molar-refractivity contribution >= 4 is 29.1 Å². The highest BCUT2D eigenvalue weighted by Gasteiger charge is 2.32. The topological polar surface area (TPSA) is 63.6 Å². The molecule has 0 aromatic heterocycles. The van der Waals surface area contributed by atoms with Crippen LogP contribution in [-0.2, 0) is 14.3 Å². The van der Waals surface area contributed by atoms with Crippen molar-refractivity contribution in [3.63, 3.8) is 0 Å². The van der Waals surface area contributed by atoms with Gasteiger partial charge in [-0.05, 0) is 37.4 Å². The van der Waals surface area contributed by atoms with Crippen LogP contribution in [0.2, 0.25) is 5.02 Å². The first-order valence-electron chi connectivity index (χ1n) is 11.4. The molecular weight excluding hydrogens is 442 g/mol. The smallest absolute Gasteiger partial charge is 0.307 e. The third kappa shape index (κ3) is 5.00. The van der Waals surface area contributed by atoms with E-state index < -0.39 is 0 Å². The van der Waals surface area contributed by atoms with E-state index >= 15 is 0 Å². The summed E-state index contributed by atoms with van der Waals surface area (Å²) in [4.78, 5) is 22.1. The maximum atomic E-state index is 12.7. The first-order chi connectivity index (χ1) is 16.1. The number of piperazine rings is 1. The number of carbonyl (C=O) groups is 1. The number of carbonyl (C=O) groups excluding carboxylic acids is 1. The Morgan fingerprint density at radius 2 is 1.97 bits per heavy atom. The normalized spacial score (nSPS) is 21.3. The van der Waals surface area contributed by atoms with Gasteiger partial charge in [-0.1, -0.05) is 23.7 Å². The van der Waals surface area contributed by atoms with Crippen molar-refractivity contribution in [1.29, 1.82) is 0 Å². The number of para-hydroxylation sites is 1. The number of halogens is 1. The van der Waals surface area contributed by atoms with Gasteiger partial charge >= 0.3 is 5.97 Å². The molecule has 7 nitrogen and oxygen atoms in total. The van der Waals surface area contributed by atoms with Gasteiger partial charge in [0.2, 0.25) is 0 Å². The first-order valence-corrected chi connectivity index (χ1v) is 11.8. The quantitative estimate of drug-likeness (QED) is 0.626. The molecule has 0 bridgehead atoms. The van der Waals surface area contributed by atoms with Crippen molar-refractivity contribution in [3.05, 3.63) is 53.1 Å². The van der Waals surface area contributed by atoms with Gasteiger partial charge in [-0.3, -0.25) is 9.69 Å². The number of hydrogen-bond donors (Lipinski definition) is 0. The second kappa shape index (κ2) is 9.71. The van der Waals surface area contributed by atoms with Gasteiger partial charge in [0.15, 0.2) is 5.75 Å². The van der Waals surface area contributed by atoms with Crippen LogP contribution in [0.5, 0.6) is 11.5 Å². The molecule has 0 unspecified atom stereocenters. The number of esters is 1. The van der Waals surface area contributed by atoms with Gasteiger partial charge in [-0.2, -0.15) is 0 Å². The van der Waals surface area contributed by atoms with E-state index in [1.807, 2.05) is 36.4 Å². The van der Waals surface area contributed by atoms with E-state index in [1.165, 1.54) is 0 Å². The Hall–Kier alpha value is -2.61. The van der Waals surface area contributed by atoms with Crippen LogP contribution in [0.3, 0.4) is 0 Å². The van der Waals surface area contributed by atoms with Crippen molar-refractivity contribution in [2.75, 3.05) is 39.9 Å². The van der Waals surface area contributed by atoms with E-state index in [2.05, 4.69) is 16.8 Å². The molecule has 33 heavy (non-hydrogen) atoms. The number of amidine groups is 1. The molecule has 0 saturated carbocycles. The summed E-state index contributed by atoms with van der Waals surface area (Å²) in [6.45, 7) is 3.59. The summed E-state index contributed by atoms with van der Waals surface area (Å²) < 4.78 is 17.3. The standard InChI is InChI=1S/C25H28ClN3O4/c1-28-10-11-29(16-18(28)15-24(30)32-19-8-12-31-13-9-19)25-20-4-2-3-5-22(20)33-23-7-6-17(26)14-21(23)27-25/h2-7,14,18-19H,8-13,15-16H2,1H3/t18-/m0/s1. The van der Waals surface area contributed by atoms with Gasteiger partial charge in [0.25, 0.3) is 0 Å². The van der Waals surface area contributed by atoms with Crippen molar-refractivity contribution in [3.8, 4) is 11.5 Å². The van der Waals surface area contributed by atoms with Gasteiger partial charge in [0.05, 0.1) is 25.2 Å². The van der Waals surface area contributed by atoms with Crippen LogP contribution in [0.1, 0.15) is 24.8 Å². The fraction of sp³-hybridized carbons (Fsp3) is 0.440. The molecule has 8 heteroatoms. The van der Waals surface area contributed by atoms with Crippen LogP contribution >= 0.6 is 11.6 Å². The van der Waals surface area contributed by atoms with Crippen LogP contribution in [0, 0.1) is 0 Å². The Morgan fingerprint density at radius 3 is 2.82 bits per heavy atom. The van der Waals surface area contributed by atoms with Crippen LogP contribution in [0.15, 0.2) is 47.5 Å². The zero-order chi connectivity index (χ0) is 22.8. The molecule has 2 aromatic rings. The van der Waals surface area contributed by atoms with Gasteiger partial charge in [0, 0.05) is 43.5 Å². The number of benzene rings is 2. The lowest BCUT2D eigenvalue weighted by atomic mass is 10.1. The predicted octanol–water partition coefficient (Wildman–Crippen LogP) is 4.25. The third-order valence-corrected chi connectivity index (χ3v) is 6.68. The predicted molar refractivity (Wildman–Crippen MR) is 127 cm³/mol. The van der Waals surface area contributed by atoms with Gasteiger partial charge in [-0.15, -0.1) is 0 Å². The molecule has 174 valence electrons. The van der Waals surface area contributed by atoms with E-state index in [-0.39, 0.29) is 18.1 Å². The summed E-state index contributed by atoms with van der Waals surface area (Å²) in [7, 11) is 2.06. The zero-order valence-corrected chi connectivity index (χ0v) is 19.5. The molecular formula is C25H28ClN3O4. The second-order valence-electron chi connectivity index (χ2n) is 8.73. The molecule has 0 radical (unpaired) electrons. The molecule has 2 aromatic carbocycles. The summed E-state index contributed by atoms with van der Waals surface area (Å²) in [6, 6.07) is 13.4. The zero-order valence-electron chi connectivity index (χ0n) is 18.7. The van der Waals surface area contributed by atoms with Crippen LogP contribution in [-0.4, -0.2) is 73.6 Å². The fourth-order valence-corrected chi connectivity index (χ4v) is 4.68. The maximum absolute atomic E-state index is 12.7. The van der Waals surface area contributed by atoms with Crippen molar-refractivity contribution < 1.29 is 19.0 Å². The number of nitrogens with zero attached hydrogens (tertiary/aromatic N) is 3. The number of ether oxygens (including phenoxy) is 3. The molecule has 3 aliphatic heterocycles. The summed E-state index contributed by atoms with van der Waals surface area (Å²) in [5.74, 6) is 2.12. The minimum Gasteiger partial charge on any atom is -0.462 e. The Labute approximate surface area is 198 Å².